The Labute approximate surface area is 128 Å². The van der Waals surface area contributed by atoms with Crippen LogP contribution in [0.25, 0.3) is 6.08 Å². The molecular formula is C17H16O5. The summed E-state index contributed by atoms with van der Waals surface area (Å²) in [5.41, 5.74) is 0.632. The predicted molar refractivity (Wildman–Crippen MR) is 82.7 cm³/mol. The monoisotopic (exact) mass is 300 g/mol. The number of aromatic hydroxyl groups is 2. The normalized spacial score (nSPS) is 10.6. The maximum absolute atomic E-state index is 12.1. The summed E-state index contributed by atoms with van der Waals surface area (Å²) in [4.78, 5) is 12.1. The molecule has 2 aromatic carbocycles. The van der Waals surface area contributed by atoms with Gasteiger partial charge in [0.15, 0.2) is 5.78 Å². The highest BCUT2D eigenvalue weighted by molar-refractivity contribution is 6.10. The van der Waals surface area contributed by atoms with E-state index < -0.39 is 5.78 Å². The molecule has 5 nitrogen and oxygen atoms in total. The van der Waals surface area contributed by atoms with Gasteiger partial charge in [0, 0.05) is 12.1 Å². The fraction of sp³-hybridized carbons (Fsp3) is 0.118. The molecule has 0 unspecified atom stereocenters. The highest BCUT2D eigenvalue weighted by atomic mass is 16.5. The van der Waals surface area contributed by atoms with Gasteiger partial charge in [0.2, 0.25) is 0 Å². The number of hydrogen-bond donors (Lipinski definition) is 2. The molecule has 0 aliphatic rings. The summed E-state index contributed by atoms with van der Waals surface area (Å²) >= 11 is 0. The van der Waals surface area contributed by atoms with Gasteiger partial charge in [-0.25, -0.2) is 0 Å². The third kappa shape index (κ3) is 3.38. The second-order valence-corrected chi connectivity index (χ2v) is 4.51. The van der Waals surface area contributed by atoms with Crippen molar-refractivity contribution < 1.29 is 24.5 Å². The van der Waals surface area contributed by atoms with Crippen molar-refractivity contribution in [3.8, 4) is 23.0 Å². The maximum Gasteiger partial charge on any atom is 0.193 e. The van der Waals surface area contributed by atoms with Crippen LogP contribution in [-0.4, -0.2) is 30.2 Å². The zero-order valence-electron chi connectivity index (χ0n) is 12.2. The first-order valence-corrected chi connectivity index (χ1v) is 6.51. The Morgan fingerprint density at radius 2 is 1.50 bits per heavy atom. The average molecular weight is 300 g/mol. The number of ketones is 1. The Hall–Kier alpha value is -2.95. The topological polar surface area (TPSA) is 76.0 Å². The molecular weight excluding hydrogens is 284 g/mol. The van der Waals surface area contributed by atoms with Crippen LogP contribution in [0.1, 0.15) is 15.9 Å². The minimum absolute atomic E-state index is 0.162. The van der Waals surface area contributed by atoms with Crippen LogP contribution in [0.3, 0.4) is 0 Å². The van der Waals surface area contributed by atoms with Crippen LogP contribution < -0.4 is 9.47 Å². The minimum atomic E-state index is -0.506. The van der Waals surface area contributed by atoms with E-state index in [9.17, 15) is 15.0 Å². The minimum Gasteiger partial charge on any atom is -0.507 e. The SMILES string of the molecule is COc1ccc(/C=C/C(=O)c2c(O)cc(OC)cc2O)cc1. The summed E-state index contributed by atoms with van der Waals surface area (Å²) in [5.74, 6) is -0.185. The van der Waals surface area contributed by atoms with E-state index >= 15 is 0 Å². The second kappa shape index (κ2) is 6.67. The van der Waals surface area contributed by atoms with E-state index in [4.69, 9.17) is 9.47 Å². The first-order valence-electron chi connectivity index (χ1n) is 6.51. The molecule has 0 saturated heterocycles. The van der Waals surface area contributed by atoms with Crippen molar-refractivity contribution in [2.24, 2.45) is 0 Å². The summed E-state index contributed by atoms with van der Waals surface area (Å²) in [6.07, 6.45) is 2.87. The zero-order valence-corrected chi connectivity index (χ0v) is 12.2. The Balaban J connectivity index is 2.23. The van der Waals surface area contributed by atoms with Gasteiger partial charge in [0.1, 0.15) is 28.6 Å². The molecule has 0 amide bonds. The van der Waals surface area contributed by atoms with E-state index in [1.807, 2.05) is 0 Å². The molecule has 0 aliphatic carbocycles. The van der Waals surface area contributed by atoms with Gasteiger partial charge in [0.25, 0.3) is 0 Å². The number of ether oxygens (including phenoxy) is 2. The van der Waals surface area contributed by atoms with Gasteiger partial charge in [-0.3, -0.25) is 4.79 Å². The van der Waals surface area contributed by atoms with Crippen LogP contribution in [0, 0.1) is 0 Å². The molecule has 0 fully saturated rings. The van der Waals surface area contributed by atoms with Crippen molar-refractivity contribution in [3.05, 3.63) is 53.6 Å². The number of benzene rings is 2. The van der Waals surface area contributed by atoms with Crippen molar-refractivity contribution in [2.45, 2.75) is 0 Å². The largest absolute Gasteiger partial charge is 0.507 e. The van der Waals surface area contributed by atoms with Crippen molar-refractivity contribution in [1.82, 2.24) is 0 Å². The van der Waals surface area contributed by atoms with Crippen molar-refractivity contribution in [1.29, 1.82) is 0 Å². The van der Waals surface area contributed by atoms with E-state index in [2.05, 4.69) is 0 Å². The number of rotatable bonds is 5. The van der Waals surface area contributed by atoms with Crippen molar-refractivity contribution in [2.75, 3.05) is 14.2 Å². The second-order valence-electron chi connectivity index (χ2n) is 4.51. The van der Waals surface area contributed by atoms with Crippen molar-refractivity contribution in [3.63, 3.8) is 0 Å². The summed E-state index contributed by atoms with van der Waals surface area (Å²) in [6.45, 7) is 0. The van der Waals surface area contributed by atoms with Crippen LogP contribution in [0.4, 0.5) is 0 Å². The molecule has 0 saturated carbocycles. The summed E-state index contributed by atoms with van der Waals surface area (Å²) in [5, 5.41) is 19.7. The number of methoxy groups -OCH3 is 2. The summed E-state index contributed by atoms with van der Waals surface area (Å²) in [6, 6.07) is 9.66. The Morgan fingerprint density at radius 3 is 2.00 bits per heavy atom. The van der Waals surface area contributed by atoms with Crippen LogP contribution in [0.15, 0.2) is 42.5 Å². The van der Waals surface area contributed by atoms with Gasteiger partial charge in [0.05, 0.1) is 14.2 Å². The summed E-state index contributed by atoms with van der Waals surface area (Å²) < 4.78 is 9.95. The average Bonchev–Trinajstić information content (AvgIpc) is 2.52. The molecule has 2 rings (SSSR count). The lowest BCUT2D eigenvalue weighted by atomic mass is 10.1. The molecule has 2 aromatic rings. The molecule has 0 radical (unpaired) electrons. The van der Waals surface area contributed by atoms with Crippen LogP contribution in [0.2, 0.25) is 0 Å². The van der Waals surface area contributed by atoms with E-state index in [0.717, 1.165) is 5.56 Å². The molecule has 22 heavy (non-hydrogen) atoms. The van der Waals surface area contributed by atoms with Gasteiger partial charge < -0.3 is 19.7 Å². The number of phenols is 2. The third-order valence-electron chi connectivity index (χ3n) is 3.10. The number of hydrogen-bond acceptors (Lipinski definition) is 5. The van der Waals surface area contributed by atoms with E-state index in [-0.39, 0.29) is 22.8 Å². The fourth-order valence-electron chi connectivity index (χ4n) is 1.93. The smallest absolute Gasteiger partial charge is 0.193 e. The Kier molecular flexibility index (Phi) is 4.68. The number of allylic oxidation sites excluding steroid dienone is 1. The molecule has 5 heteroatoms. The molecule has 0 heterocycles. The fourth-order valence-corrected chi connectivity index (χ4v) is 1.93. The van der Waals surface area contributed by atoms with Gasteiger partial charge in [-0.05, 0) is 23.8 Å². The van der Waals surface area contributed by atoms with Crippen LogP contribution in [0.5, 0.6) is 23.0 Å². The van der Waals surface area contributed by atoms with Gasteiger partial charge in [-0.1, -0.05) is 18.2 Å². The molecule has 2 N–H and O–H groups in total. The summed E-state index contributed by atoms with van der Waals surface area (Å²) in [7, 11) is 2.98. The van der Waals surface area contributed by atoms with E-state index in [1.165, 1.54) is 25.3 Å². The van der Waals surface area contributed by atoms with Gasteiger partial charge >= 0.3 is 0 Å². The van der Waals surface area contributed by atoms with Crippen LogP contribution in [-0.2, 0) is 0 Å². The molecule has 0 spiro atoms. The third-order valence-corrected chi connectivity index (χ3v) is 3.10. The number of phenolic OH excluding ortho intramolecular Hbond substituents is 2. The first kappa shape index (κ1) is 15.4. The van der Waals surface area contributed by atoms with Crippen molar-refractivity contribution >= 4 is 11.9 Å². The molecule has 0 aromatic heterocycles. The quantitative estimate of drug-likeness (QED) is 0.655. The standard InChI is InChI=1S/C17H16O5/c1-21-12-6-3-11(4-7-12)5-8-14(18)17-15(19)9-13(22-2)10-16(17)20/h3-10,19-20H,1-2H3/b8-5+. The molecule has 0 aliphatic heterocycles. The molecule has 114 valence electrons. The number of carbonyl (C=O) groups is 1. The lowest BCUT2D eigenvalue weighted by molar-refractivity contribution is 0.104. The maximum atomic E-state index is 12.1. The van der Waals surface area contributed by atoms with Crippen LogP contribution >= 0.6 is 0 Å². The highest BCUT2D eigenvalue weighted by Crippen LogP contribution is 2.33. The lowest BCUT2D eigenvalue weighted by Gasteiger charge is -2.07. The molecule has 0 bridgehead atoms. The zero-order chi connectivity index (χ0) is 16.1. The first-order chi connectivity index (χ1) is 10.5. The van der Waals surface area contributed by atoms with Gasteiger partial charge in [-0.2, -0.15) is 0 Å². The number of carbonyl (C=O) groups excluding carboxylic acids is 1. The lowest BCUT2D eigenvalue weighted by Crippen LogP contribution is -1.97. The van der Waals surface area contributed by atoms with E-state index in [0.29, 0.717) is 5.75 Å². The van der Waals surface area contributed by atoms with E-state index in [1.54, 1.807) is 37.5 Å². The Bertz CT molecular complexity index is 678. The highest BCUT2D eigenvalue weighted by Gasteiger charge is 2.15. The predicted octanol–water partition coefficient (Wildman–Crippen LogP) is 3.01. The Morgan fingerprint density at radius 1 is 0.955 bits per heavy atom. The van der Waals surface area contributed by atoms with Gasteiger partial charge in [-0.15, -0.1) is 0 Å². The molecule has 0 atom stereocenters.